The lowest BCUT2D eigenvalue weighted by Gasteiger charge is -2.06. The van der Waals surface area contributed by atoms with Gasteiger partial charge in [0.2, 0.25) is 0 Å². The molecule has 4 nitrogen and oxygen atoms in total. The summed E-state index contributed by atoms with van der Waals surface area (Å²) in [5, 5.41) is 7.53. The molecule has 152 valence electrons. The lowest BCUT2D eigenvalue weighted by Crippen LogP contribution is -3.00. The average molecular weight is 470 g/mol. The second-order valence-electron chi connectivity index (χ2n) is 5.87. The van der Waals surface area contributed by atoms with Crippen LogP contribution >= 0.6 is 34.5 Å². The lowest BCUT2D eigenvalue weighted by molar-refractivity contribution is -0.657. The van der Waals surface area contributed by atoms with Crippen LogP contribution < -0.4 is 22.3 Å². The molecule has 3 aromatic rings. The number of anilines is 2. The number of hydrogen-bond donors (Lipinski definition) is 1. The standard InChI is InChI=1S/C21H18Cl2N2O2S.ClH/c1-3-11-25-19(17-10-7-15(22)12-18(17)23)13-28-21(25)24-16-8-5-14(6-9-16)20(26)27-4-2;/h3,5-10,12-13H,1,4,11H2,2H3;1H. The van der Waals surface area contributed by atoms with Gasteiger partial charge in [0.05, 0.1) is 17.2 Å². The number of ether oxygens (including phenoxy) is 1. The van der Waals surface area contributed by atoms with Crippen molar-refractivity contribution in [1.82, 2.24) is 0 Å². The molecule has 1 heterocycles. The number of allylic oxidation sites excluding steroid dienone is 1. The number of aromatic nitrogens is 1. The van der Waals surface area contributed by atoms with E-state index >= 15 is 0 Å². The van der Waals surface area contributed by atoms with E-state index in [2.05, 4.69) is 16.5 Å². The third-order valence-electron chi connectivity index (χ3n) is 3.98. The second kappa shape index (κ2) is 10.6. The quantitative estimate of drug-likeness (QED) is 0.328. The van der Waals surface area contributed by atoms with Gasteiger partial charge in [0.25, 0.3) is 0 Å². The Kier molecular flexibility index (Phi) is 8.53. The number of carbonyl (C=O) groups excluding carboxylic acids is 1. The van der Waals surface area contributed by atoms with Crippen LogP contribution in [0.15, 0.2) is 60.5 Å². The van der Waals surface area contributed by atoms with Gasteiger partial charge in [0.15, 0.2) is 0 Å². The minimum absolute atomic E-state index is 0. The molecule has 0 saturated carbocycles. The van der Waals surface area contributed by atoms with Crippen LogP contribution in [0.4, 0.5) is 10.8 Å². The number of carbonyl (C=O) groups is 1. The predicted molar refractivity (Wildman–Crippen MR) is 116 cm³/mol. The van der Waals surface area contributed by atoms with Crippen LogP contribution in [-0.2, 0) is 11.3 Å². The fraction of sp³-hybridized carbons (Fsp3) is 0.143. The molecule has 0 radical (unpaired) electrons. The maximum absolute atomic E-state index is 11.8. The highest BCUT2D eigenvalue weighted by Crippen LogP contribution is 2.32. The van der Waals surface area contributed by atoms with Crippen molar-refractivity contribution in [3.05, 3.63) is 76.1 Å². The van der Waals surface area contributed by atoms with E-state index in [4.69, 9.17) is 27.9 Å². The van der Waals surface area contributed by atoms with Crippen molar-refractivity contribution in [1.29, 1.82) is 0 Å². The molecule has 0 aliphatic heterocycles. The van der Waals surface area contributed by atoms with Crippen molar-refractivity contribution >= 4 is 51.3 Å². The zero-order chi connectivity index (χ0) is 20.1. The Hall–Kier alpha value is -2.05. The van der Waals surface area contributed by atoms with Crippen molar-refractivity contribution in [3.63, 3.8) is 0 Å². The molecular weight excluding hydrogens is 451 g/mol. The van der Waals surface area contributed by atoms with Gasteiger partial charge in [-0.3, -0.25) is 0 Å². The Morgan fingerprint density at radius 2 is 1.97 bits per heavy atom. The molecule has 2 aromatic carbocycles. The van der Waals surface area contributed by atoms with E-state index in [0.717, 1.165) is 22.1 Å². The Morgan fingerprint density at radius 3 is 2.59 bits per heavy atom. The first-order chi connectivity index (χ1) is 13.5. The molecule has 1 N–H and O–H groups in total. The third-order valence-corrected chi connectivity index (χ3v) is 5.42. The number of esters is 1. The van der Waals surface area contributed by atoms with Crippen molar-refractivity contribution in [3.8, 4) is 11.3 Å². The van der Waals surface area contributed by atoms with Crippen LogP contribution in [0.3, 0.4) is 0 Å². The molecule has 0 aliphatic carbocycles. The number of nitrogens with one attached hydrogen (secondary N) is 1. The first-order valence-corrected chi connectivity index (χ1v) is 10.3. The lowest BCUT2D eigenvalue weighted by atomic mass is 10.1. The third kappa shape index (κ3) is 5.52. The Bertz CT molecular complexity index is 1000. The van der Waals surface area contributed by atoms with Gasteiger partial charge >= 0.3 is 11.1 Å². The van der Waals surface area contributed by atoms with Crippen LogP contribution in [-0.4, -0.2) is 12.6 Å². The summed E-state index contributed by atoms with van der Waals surface area (Å²) >= 11 is 14.0. The highest BCUT2D eigenvalue weighted by atomic mass is 35.5. The molecule has 0 amide bonds. The summed E-state index contributed by atoms with van der Waals surface area (Å²) in [6, 6.07) is 12.6. The normalized spacial score (nSPS) is 10.2. The molecule has 8 heteroatoms. The van der Waals surface area contributed by atoms with E-state index in [0.29, 0.717) is 28.8 Å². The number of benzene rings is 2. The van der Waals surface area contributed by atoms with Crippen LogP contribution in [0.2, 0.25) is 10.0 Å². The number of halogens is 3. The molecule has 29 heavy (non-hydrogen) atoms. The topological polar surface area (TPSA) is 42.2 Å². The van der Waals surface area contributed by atoms with Crippen molar-refractivity contribution < 1.29 is 26.5 Å². The molecular formula is C21H19Cl3N2O2S. The Labute approximate surface area is 190 Å². The van der Waals surface area contributed by atoms with Crippen LogP contribution in [0.1, 0.15) is 17.3 Å². The molecule has 0 saturated heterocycles. The maximum Gasteiger partial charge on any atom is 0.339 e. The monoisotopic (exact) mass is 468 g/mol. The van der Waals surface area contributed by atoms with Gasteiger partial charge in [0, 0.05) is 16.0 Å². The number of hydrogen-bond acceptors (Lipinski definition) is 4. The van der Waals surface area contributed by atoms with Crippen LogP contribution in [0, 0.1) is 0 Å². The van der Waals surface area contributed by atoms with E-state index in [9.17, 15) is 4.79 Å². The summed E-state index contributed by atoms with van der Waals surface area (Å²) in [4.78, 5) is 11.8. The van der Waals surface area contributed by atoms with Gasteiger partial charge in [-0.1, -0.05) is 47.2 Å². The van der Waals surface area contributed by atoms with Gasteiger partial charge < -0.3 is 17.1 Å². The first-order valence-electron chi connectivity index (χ1n) is 8.65. The second-order valence-corrected chi connectivity index (χ2v) is 7.57. The number of rotatable bonds is 7. The van der Waals surface area contributed by atoms with Gasteiger partial charge in [-0.25, -0.2) is 14.7 Å². The SMILES string of the molecule is C=CC[n+]1c(-c2ccc(Cl)cc2Cl)csc1Nc1ccc(C(=O)OCC)cc1.[Cl-]. The zero-order valence-electron chi connectivity index (χ0n) is 15.6. The van der Waals surface area contributed by atoms with Crippen molar-refractivity contribution in [2.24, 2.45) is 0 Å². The van der Waals surface area contributed by atoms with E-state index in [-0.39, 0.29) is 18.4 Å². The van der Waals surface area contributed by atoms with E-state index in [1.807, 2.05) is 35.7 Å². The molecule has 0 unspecified atom stereocenters. The van der Waals surface area contributed by atoms with Gasteiger partial charge in [-0.2, -0.15) is 0 Å². The summed E-state index contributed by atoms with van der Waals surface area (Å²) in [5.74, 6) is -0.327. The smallest absolute Gasteiger partial charge is 0.339 e. The van der Waals surface area contributed by atoms with E-state index < -0.39 is 0 Å². The fourth-order valence-electron chi connectivity index (χ4n) is 2.69. The predicted octanol–water partition coefficient (Wildman–Crippen LogP) is 3.12. The molecule has 1 aromatic heterocycles. The fourth-order valence-corrected chi connectivity index (χ4v) is 4.15. The van der Waals surface area contributed by atoms with Crippen LogP contribution in [0.25, 0.3) is 11.3 Å². The molecule has 0 atom stereocenters. The van der Waals surface area contributed by atoms with Gasteiger partial charge in [0.1, 0.15) is 17.9 Å². The van der Waals surface area contributed by atoms with E-state index in [1.165, 1.54) is 0 Å². The molecule has 0 aliphatic rings. The molecule has 0 spiro atoms. The van der Waals surface area contributed by atoms with Crippen molar-refractivity contribution in [2.45, 2.75) is 13.5 Å². The van der Waals surface area contributed by atoms with E-state index in [1.54, 1.807) is 36.5 Å². The van der Waals surface area contributed by atoms with Crippen LogP contribution in [0.5, 0.6) is 0 Å². The number of nitrogens with zero attached hydrogens (tertiary/aromatic N) is 1. The minimum atomic E-state index is -0.327. The van der Waals surface area contributed by atoms with Crippen molar-refractivity contribution in [2.75, 3.05) is 11.9 Å². The summed E-state index contributed by atoms with van der Waals surface area (Å²) in [7, 11) is 0. The molecule has 3 rings (SSSR count). The molecule has 0 fully saturated rings. The highest BCUT2D eigenvalue weighted by Gasteiger charge is 2.21. The maximum atomic E-state index is 11.8. The largest absolute Gasteiger partial charge is 1.00 e. The first kappa shape index (κ1) is 23.2. The van der Waals surface area contributed by atoms with Gasteiger partial charge in [-0.05, 0) is 49.4 Å². The summed E-state index contributed by atoms with van der Waals surface area (Å²) in [6.07, 6.45) is 1.83. The summed E-state index contributed by atoms with van der Waals surface area (Å²) in [6.45, 7) is 6.60. The Morgan fingerprint density at radius 1 is 1.24 bits per heavy atom. The highest BCUT2D eigenvalue weighted by molar-refractivity contribution is 7.13. The molecule has 0 bridgehead atoms. The summed E-state index contributed by atoms with van der Waals surface area (Å²) < 4.78 is 7.10. The zero-order valence-corrected chi connectivity index (χ0v) is 18.7. The minimum Gasteiger partial charge on any atom is -1.00 e. The summed E-state index contributed by atoms with van der Waals surface area (Å²) in [5.41, 5.74) is 3.25. The number of thiazole rings is 1. The van der Waals surface area contributed by atoms with Gasteiger partial charge in [-0.15, -0.1) is 0 Å². The Balaban J connectivity index is 0.00000300. The average Bonchev–Trinajstić information content (AvgIpc) is 3.05.